The zero-order valence-corrected chi connectivity index (χ0v) is 16.8. The Hall–Kier alpha value is -2.83. The van der Waals surface area contributed by atoms with Gasteiger partial charge in [-0.1, -0.05) is 42.5 Å². The fourth-order valence-electron chi connectivity index (χ4n) is 2.87. The van der Waals surface area contributed by atoms with Crippen LogP contribution < -0.4 is 4.74 Å². The Kier molecular flexibility index (Phi) is 5.32. The molecule has 1 fully saturated rings. The van der Waals surface area contributed by atoms with Crippen LogP contribution >= 0.6 is 23.1 Å². The van der Waals surface area contributed by atoms with Gasteiger partial charge in [0.25, 0.3) is 11.1 Å². The van der Waals surface area contributed by atoms with Crippen LogP contribution in [0.15, 0.2) is 71.6 Å². The maximum absolute atomic E-state index is 12.7. The third-order valence-corrected chi connectivity index (χ3v) is 6.32. The largest absolute Gasteiger partial charge is 0.497 e. The lowest BCUT2D eigenvalue weighted by Gasteiger charge is -2.12. The molecule has 2 heterocycles. The van der Waals surface area contributed by atoms with Crippen LogP contribution in [0.5, 0.6) is 5.75 Å². The standard InChI is InChI=1S/C22H17NO3S2/c1-26-17-9-7-15(8-10-17)14-23-21(24)20(28-22(23)25)13-18-11-12-19(27-18)16-5-3-2-4-6-16/h2-13H,14H2,1H3/b20-13-. The summed E-state index contributed by atoms with van der Waals surface area (Å²) in [6.45, 7) is 0.256. The van der Waals surface area contributed by atoms with Crippen molar-refractivity contribution in [3.63, 3.8) is 0 Å². The topological polar surface area (TPSA) is 46.6 Å². The van der Waals surface area contributed by atoms with E-state index in [1.165, 1.54) is 4.90 Å². The van der Waals surface area contributed by atoms with Crippen LogP contribution in [0, 0.1) is 0 Å². The van der Waals surface area contributed by atoms with Gasteiger partial charge in [0.15, 0.2) is 0 Å². The second-order valence-electron chi connectivity index (χ2n) is 6.18. The number of hydrogen-bond acceptors (Lipinski definition) is 5. The van der Waals surface area contributed by atoms with Gasteiger partial charge in [0, 0.05) is 9.75 Å². The third kappa shape index (κ3) is 3.88. The van der Waals surface area contributed by atoms with Crippen molar-refractivity contribution < 1.29 is 14.3 Å². The molecule has 0 spiro atoms. The summed E-state index contributed by atoms with van der Waals surface area (Å²) < 4.78 is 5.14. The van der Waals surface area contributed by atoms with Crippen LogP contribution in [-0.4, -0.2) is 23.2 Å². The molecule has 0 aliphatic carbocycles. The zero-order chi connectivity index (χ0) is 19.5. The molecule has 140 valence electrons. The molecule has 0 unspecified atom stereocenters. The molecular weight excluding hydrogens is 390 g/mol. The molecule has 6 heteroatoms. The van der Waals surface area contributed by atoms with Crippen LogP contribution in [0.3, 0.4) is 0 Å². The van der Waals surface area contributed by atoms with Crippen molar-refractivity contribution in [2.75, 3.05) is 7.11 Å². The minimum atomic E-state index is -0.250. The highest BCUT2D eigenvalue weighted by Gasteiger charge is 2.35. The van der Waals surface area contributed by atoms with Crippen molar-refractivity contribution in [2.45, 2.75) is 6.54 Å². The number of rotatable bonds is 5. The van der Waals surface area contributed by atoms with E-state index >= 15 is 0 Å². The van der Waals surface area contributed by atoms with Gasteiger partial charge in [-0.05, 0) is 53.2 Å². The fourth-order valence-corrected chi connectivity index (χ4v) is 4.73. The van der Waals surface area contributed by atoms with Crippen LogP contribution in [0.4, 0.5) is 4.79 Å². The Morgan fingerprint density at radius 2 is 1.71 bits per heavy atom. The molecule has 3 aromatic rings. The van der Waals surface area contributed by atoms with Crippen LogP contribution in [0.1, 0.15) is 10.4 Å². The average molecular weight is 408 g/mol. The Morgan fingerprint density at radius 3 is 2.43 bits per heavy atom. The lowest BCUT2D eigenvalue weighted by Crippen LogP contribution is -2.27. The van der Waals surface area contributed by atoms with Crippen LogP contribution in [0.2, 0.25) is 0 Å². The monoisotopic (exact) mass is 407 g/mol. The number of carbonyl (C=O) groups is 2. The van der Waals surface area contributed by atoms with E-state index < -0.39 is 0 Å². The molecular formula is C22H17NO3S2. The average Bonchev–Trinajstić information content (AvgIpc) is 3.30. The molecule has 1 aliphatic heterocycles. The van der Waals surface area contributed by atoms with Gasteiger partial charge >= 0.3 is 0 Å². The first-order valence-corrected chi connectivity index (χ1v) is 10.3. The molecule has 1 saturated heterocycles. The smallest absolute Gasteiger partial charge is 0.293 e. The number of carbonyl (C=O) groups excluding carboxylic acids is 2. The number of hydrogen-bond donors (Lipinski definition) is 0. The van der Waals surface area contributed by atoms with Gasteiger partial charge in [-0.15, -0.1) is 11.3 Å². The van der Waals surface area contributed by atoms with Crippen molar-refractivity contribution in [1.29, 1.82) is 0 Å². The molecule has 0 atom stereocenters. The minimum Gasteiger partial charge on any atom is -0.497 e. The highest BCUT2D eigenvalue weighted by molar-refractivity contribution is 8.18. The van der Waals surface area contributed by atoms with Crippen molar-refractivity contribution >= 4 is 40.3 Å². The summed E-state index contributed by atoms with van der Waals surface area (Å²) in [6, 6.07) is 21.5. The summed E-state index contributed by atoms with van der Waals surface area (Å²) >= 11 is 2.59. The van der Waals surface area contributed by atoms with Gasteiger partial charge < -0.3 is 4.74 Å². The maximum Gasteiger partial charge on any atom is 0.293 e. The molecule has 0 saturated carbocycles. The number of thioether (sulfide) groups is 1. The van der Waals surface area contributed by atoms with E-state index in [1.54, 1.807) is 24.5 Å². The first-order chi connectivity index (χ1) is 13.6. The molecule has 4 nitrogen and oxygen atoms in total. The van der Waals surface area contributed by atoms with Gasteiger partial charge in [-0.2, -0.15) is 0 Å². The summed E-state index contributed by atoms with van der Waals surface area (Å²) in [7, 11) is 1.60. The van der Waals surface area contributed by atoms with E-state index in [1.807, 2.05) is 54.6 Å². The molecule has 28 heavy (non-hydrogen) atoms. The normalized spacial score (nSPS) is 15.5. The molecule has 2 amide bonds. The van der Waals surface area contributed by atoms with E-state index in [4.69, 9.17) is 4.74 Å². The summed E-state index contributed by atoms with van der Waals surface area (Å²) in [5, 5.41) is -0.244. The molecule has 0 N–H and O–H groups in total. The van der Waals surface area contributed by atoms with Gasteiger partial charge in [0.1, 0.15) is 5.75 Å². The quantitative estimate of drug-likeness (QED) is 0.512. The maximum atomic E-state index is 12.7. The minimum absolute atomic E-state index is 0.244. The van der Waals surface area contributed by atoms with E-state index in [0.29, 0.717) is 4.91 Å². The number of ether oxygens (including phenoxy) is 1. The fraction of sp³-hybridized carbons (Fsp3) is 0.0909. The summed E-state index contributed by atoms with van der Waals surface area (Å²) in [5.41, 5.74) is 2.02. The lowest BCUT2D eigenvalue weighted by molar-refractivity contribution is -0.123. The number of imide groups is 1. The van der Waals surface area contributed by atoms with Crippen molar-refractivity contribution in [1.82, 2.24) is 4.90 Å². The van der Waals surface area contributed by atoms with Crippen molar-refractivity contribution in [3.8, 4) is 16.2 Å². The van der Waals surface area contributed by atoms with Gasteiger partial charge in [-0.3, -0.25) is 14.5 Å². The molecule has 2 aromatic carbocycles. The second kappa shape index (κ2) is 8.04. The molecule has 0 radical (unpaired) electrons. The number of methoxy groups -OCH3 is 1. The Morgan fingerprint density at radius 1 is 0.964 bits per heavy atom. The van der Waals surface area contributed by atoms with Gasteiger partial charge in [0.05, 0.1) is 18.6 Å². The molecule has 1 aliphatic rings. The van der Waals surface area contributed by atoms with Crippen molar-refractivity contribution in [3.05, 3.63) is 82.1 Å². The Labute approximate surface area is 171 Å². The summed E-state index contributed by atoms with van der Waals surface area (Å²) in [4.78, 5) is 28.9. The number of benzene rings is 2. The predicted octanol–water partition coefficient (Wildman–Crippen LogP) is 5.66. The summed E-state index contributed by atoms with van der Waals surface area (Å²) in [5.74, 6) is 0.491. The number of amides is 2. The summed E-state index contributed by atoms with van der Waals surface area (Å²) in [6.07, 6.45) is 1.80. The first-order valence-electron chi connectivity index (χ1n) is 8.67. The molecule has 4 rings (SSSR count). The second-order valence-corrected chi connectivity index (χ2v) is 8.29. The molecule has 0 bridgehead atoms. The van der Waals surface area contributed by atoms with E-state index in [-0.39, 0.29) is 17.7 Å². The van der Waals surface area contributed by atoms with E-state index in [0.717, 1.165) is 38.4 Å². The Balaban J connectivity index is 1.51. The molecule has 1 aromatic heterocycles. The third-order valence-electron chi connectivity index (χ3n) is 4.33. The van der Waals surface area contributed by atoms with Gasteiger partial charge in [-0.25, -0.2) is 0 Å². The lowest BCUT2D eigenvalue weighted by atomic mass is 10.2. The Bertz CT molecular complexity index is 1040. The van der Waals surface area contributed by atoms with Crippen LogP contribution in [-0.2, 0) is 11.3 Å². The number of nitrogens with zero attached hydrogens (tertiary/aromatic N) is 1. The van der Waals surface area contributed by atoms with E-state index in [2.05, 4.69) is 12.1 Å². The SMILES string of the molecule is COc1ccc(CN2C(=O)S/C(=C\c3ccc(-c4ccccc4)s3)C2=O)cc1. The van der Waals surface area contributed by atoms with Gasteiger partial charge in [0.2, 0.25) is 0 Å². The zero-order valence-electron chi connectivity index (χ0n) is 15.1. The number of thiophene rings is 1. The highest BCUT2D eigenvalue weighted by atomic mass is 32.2. The van der Waals surface area contributed by atoms with Crippen LogP contribution in [0.25, 0.3) is 16.5 Å². The van der Waals surface area contributed by atoms with E-state index in [9.17, 15) is 9.59 Å². The first kappa shape index (κ1) is 18.5. The predicted molar refractivity (Wildman–Crippen MR) is 114 cm³/mol. The van der Waals surface area contributed by atoms with Crippen molar-refractivity contribution in [2.24, 2.45) is 0 Å². The highest BCUT2D eigenvalue weighted by Crippen LogP contribution is 2.36.